The number of hydrazine groups is 1. The molecule has 0 saturated carbocycles. The van der Waals surface area contributed by atoms with Crippen LogP contribution in [0.4, 0.5) is 5.69 Å². The minimum absolute atomic E-state index is 0.0405. The highest BCUT2D eigenvalue weighted by atomic mass is 16.5. The molecule has 0 radical (unpaired) electrons. The molecule has 1 fully saturated rings. The van der Waals surface area contributed by atoms with Crippen molar-refractivity contribution in [1.82, 2.24) is 10.9 Å². The molecule has 1 aliphatic heterocycles. The minimum Gasteiger partial charge on any atom is -0.494 e. The van der Waals surface area contributed by atoms with Crippen molar-refractivity contribution in [3.05, 3.63) is 59.7 Å². The molecular formula is C19H23N3O2. The zero-order valence-electron chi connectivity index (χ0n) is 14.0. The van der Waals surface area contributed by atoms with Crippen LogP contribution in [0.25, 0.3) is 0 Å². The number of carbonyl (C=O) groups is 1. The van der Waals surface area contributed by atoms with Crippen LogP contribution >= 0.6 is 0 Å². The molecule has 2 aromatic rings. The smallest absolute Gasteiger partial charge is 0.242 e. The zero-order chi connectivity index (χ0) is 16.9. The van der Waals surface area contributed by atoms with Crippen molar-refractivity contribution in [2.24, 2.45) is 0 Å². The van der Waals surface area contributed by atoms with Gasteiger partial charge in [0.05, 0.1) is 6.61 Å². The molecule has 2 atom stereocenters. The molecule has 1 saturated heterocycles. The molecule has 5 heteroatoms. The number of aryl methyl sites for hydroxylation is 1. The Morgan fingerprint density at radius 2 is 1.83 bits per heavy atom. The molecule has 1 heterocycles. The van der Waals surface area contributed by atoms with Gasteiger partial charge in [0.2, 0.25) is 5.91 Å². The number of carbonyl (C=O) groups excluding carboxylic acids is 1. The van der Waals surface area contributed by atoms with E-state index in [0.29, 0.717) is 13.0 Å². The van der Waals surface area contributed by atoms with E-state index in [1.807, 2.05) is 31.2 Å². The van der Waals surface area contributed by atoms with Gasteiger partial charge in [0.15, 0.2) is 0 Å². The molecule has 3 rings (SSSR count). The fraction of sp³-hybridized carbons (Fsp3) is 0.316. The third-order valence-corrected chi connectivity index (χ3v) is 4.13. The van der Waals surface area contributed by atoms with Crippen molar-refractivity contribution in [1.29, 1.82) is 0 Å². The van der Waals surface area contributed by atoms with Crippen molar-refractivity contribution in [2.45, 2.75) is 32.4 Å². The molecule has 24 heavy (non-hydrogen) atoms. The number of hydrogen-bond acceptors (Lipinski definition) is 4. The highest BCUT2D eigenvalue weighted by molar-refractivity contribution is 5.95. The van der Waals surface area contributed by atoms with E-state index in [2.05, 4.69) is 47.4 Å². The predicted octanol–water partition coefficient (Wildman–Crippen LogP) is 2.94. The van der Waals surface area contributed by atoms with E-state index in [9.17, 15) is 4.79 Å². The lowest BCUT2D eigenvalue weighted by Gasteiger charge is -2.11. The number of anilines is 1. The lowest BCUT2D eigenvalue weighted by Crippen LogP contribution is -2.39. The molecular weight excluding hydrogens is 302 g/mol. The van der Waals surface area contributed by atoms with Crippen molar-refractivity contribution in [3.8, 4) is 5.75 Å². The van der Waals surface area contributed by atoms with E-state index < -0.39 is 0 Å². The molecule has 2 unspecified atom stereocenters. The van der Waals surface area contributed by atoms with Crippen molar-refractivity contribution >= 4 is 11.6 Å². The predicted molar refractivity (Wildman–Crippen MR) is 94.8 cm³/mol. The first-order valence-electron chi connectivity index (χ1n) is 8.27. The van der Waals surface area contributed by atoms with Crippen molar-refractivity contribution in [3.63, 3.8) is 0 Å². The average molecular weight is 325 g/mol. The summed E-state index contributed by atoms with van der Waals surface area (Å²) in [5.74, 6) is 0.761. The zero-order valence-corrected chi connectivity index (χ0v) is 14.0. The highest BCUT2D eigenvalue weighted by Gasteiger charge is 2.30. The molecule has 1 amide bonds. The Bertz CT molecular complexity index is 683. The van der Waals surface area contributed by atoms with Gasteiger partial charge in [-0.1, -0.05) is 29.8 Å². The topological polar surface area (TPSA) is 62.4 Å². The first kappa shape index (κ1) is 16.5. The number of amides is 1. The van der Waals surface area contributed by atoms with E-state index in [1.54, 1.807) is 0 Å². The van der Waals surface area contributed by atoms with Crippen LogP contribution in [0, 0.1) is 6.92 Å². The second-order valence-corrected chi connectivity index (χ2v) is 5.99. The van der Waals surface area contributed by atoms with Crippen LogP contribution in [0.5, 0.6) is 5.75 Å². The monoisotopic (exact) mass is 325 g/mol. The Morgan fingerprint density at radius 1 is 1.12 bits per heavy atom. The van der Waals surface area contributed by atoms with Crippen LogP contribution in [0.2, 0.25) is 0 Å². The number of rotatable bonds is 5. The molecule has 2 aromatic carbocycles. The number of ether oxygens (including phenoxy) is 1. The second kappa shape index (κ2) is 7.47. The van der Waals surface area contributed by atoms with Gasteiger partial charge in [-0.25, -0.2) is 10.9 Å². The number of hydrogen-bond donors (Lipinski definition) is 3. The van der Waals surface area contributed by atoms with Crippen LogP contribution in [0.3, 0.4) is 0 Å². The molecule has 0 bridgehead atoms. The maximum Gasteiger partial charge on any atom is 0.242 e. The highest BCUT2D eigenvalue weighted by Crippen LogP contribution is 2.23. The molecule has 126 valence electrons. The summed E-state index contributed by atoms with van der Waals surface area (Å²) in [6.45, 7) is 4.64. The van der Waals surface area contributed by atoms with Gasteiger partial charge in [-0.3, -0.25) is 4.79 Å². The van der Waals surface area contributed by atoms with E-state index in [0.717, 1.165) is 11.4 Å². The summed E-state index contributed by atoms with van der Waals surface area (Å²) in [4.78, 5) is 12.4. The largest absolute Gasteiger partial charge is 0.494 e. The van der Waals surface area contributed by atoms with Gasteiger partial charge in [0, 0.05) is 11.7 Å². The SMILES string of the molecule is CCOc1ccc(NC(=O)C2CC(c3ccc(C)cc3)NN2)cc1. The lowest BCUT2D eigenvalue weighted by atomic mass is 10.0. The van der Waals surface area contributed by atoms with Gasteiger partial charge in [0.1, 0.15) is 11.8 Å². The summed E-state index contributed by atoms with van der Waals surface area (Å²) >= 11 is 0. The Balaban J connectivity index is 1.57. The van der Waals surface area contributed by atoms with E-state index in [4.69, 9.17) is 4.74 Å². The number of benzene rings is 2. The summed E-state index contributed by atoms with van der Waals surface area (Å²) < 4.78 is 5.40. The van der Waals surface area contributed by atoms with Crippen molar-refractivity contribution < 1.29 is 9.53 Å². The van der Waals surface area contributed by atoms with Crippen LogP contribution < -0.4 is 20.9 Å². The molecule has 0 spiro atoms. The summed E-state index contributed by atoms with van der Waals surface area (Å²) in [5.41, 5.74) is 9.47. The Hall–Kier alpha value is -2.37. The Labute approximate surface area is 142 Å². The summed E-state index contributed by atoms with van der Waals surface area (Å²) in [7, 11) is 0. The molecule has 0 aromatic heterocycles. The normalized spacial score (nSPS) is 19.9. The van der Waals surface area contributed by atoms with Gasteiger partial charge < -0.3 is 10.1 Å². The van der Waals surface area contributed by atoms with Gasteiger partial charge in [-0.2, -0.15) is 0 Å². The summed E-state index contributed by atoms with van der Waals surface area (Å²) in [6, 6.07) is 15.7. The maximum atomic E-state index is 12.4. The second-order valence-electron chi connectivity index (χ2n) is 5.99. The van der Waals surface area contributed by atoms with Crippen LogP contribution in [0.15, 0.2) is 48.5 Å². The quantitative estimate of drug-likeness (QED) is 0.791. The standard InChI is InChI=1S/C19H23N3O2/c1-3-24-16-10-8-15(9-11-16)20-19(23)18-12-17(21-22-18)14-6-4-13(2)5-7-14/h4-11,17-18,21-22H,3,12H2,1-2H3,(H,20,23). The maximum absolute atomic E-state index is 12.4. The molecule has 5 nitrogen and oxygen atoms in total. The van der Waals surface area contributed by atoms with Gasteiger partial charge in [-0.15, -0.1) is 0 Å². The summed E-state index contributed by atoms with van der Waals surface area (Å²) in [5, 5.41) is 2.94. The van der Waals surface area contributed by atoms with E-state index >= 15 is 0 Å². The molecule has 0 aliphatic carbocycles. The van der Waals surface area contributed by atoms with Gasteiger partial charge in [-0.05, 0) is 50.1 Å². The third-order valence-electron chi connectivity index (χ3n) is 4.13. The first-order valence-corrected chi connectivity index (χ1v) is 8.27. The molecule has 3 N–H and O–H groups in total. The Kier molecular flexibility index (Phi) is 5.13. The summed E-state index contributed by atoms with van der Waals surface area (Å²) in [6.07, 6.45) is 0.714. The van der Waals surface area contributed by atoms with Crippen LogP contribution in [0.1, 0.15) is 30.5 Å². The molecule has 1 aliphatic rings. The first-order chi connectivity index (χ1) is 11.7. The lowest BCUT2D eigenvalue weighted by molar-refractivity contribution is -0.117. The Morgan fingerprint density at radius 3 is 2.50 bits per heavy atom. The van der Waals surface area contributed by atoms with E-state index in [-0.39, 0.29) is 18.0 Å². The minimum atomic E-state index is -0.261. The fourth-order valence-corrected chi connectivity index (χ4v) is 2.78. The third kappa shape index (κ3) is 3.93. The fourth-order valence-electron chi connectivity index (χ4n) is 2.78. The number of nitrogens with one attached hydrogen (secondary N) is 3. The van der Waals surface area contributed by atoms with E-state index in [1.165, 1.54) is 11.1 Å². The van der Waals surface area contributed by atoms with Crippen LogP contribution in [-0.2, 0) is 4.79 Å². The van der Waals surface area contributed by atoms with Crippen LogP contribution in [-0.4, -0.2) is 18.6 Å². The van der Waals surface area contributed by atoms with Crippen molar-refractivity contribution in [2.75, 3.05) is 11.9 Å². The van der Waals surface area contributed by atoms with Gasteiger partial charge >= 0.3 is 0 Å². The average Bonchev–Trinajstić information content (AvgIpc) is 3.08. The van der Waals surface area contributed by atoms with Gasteiger partial charge in [0.25, 0.3) is 0 Å².